The van der Waals surface area contributed by atoms with E-state index in [2.05, 4.69) is 76.1 Å². The number of carboxylic acids is 2. The first-order chi connectivity index (χ1) is 47.1. The number of aliphatic hydroxyl groups is 4. The van der Waals surface area contributed by atoms with E-state index in [1.807, 2.05) is 0 Å². The number of carbonyl (C=O) groups excluding carboxylic acids is 14. The van der Waals surface area contributed by atoms with Crippen LogP contribution in [0.5, 0.6) is 0 Å². The second kappa shape index (κ2) is 42.3. The van der Waals surface area contributed by atoms with Crippen LogP contribution in [0.15, 0.2) is 4.99 Å². The van der Waals surface area contributed by atoms with Gasteiger partial charge in [-0.15, -0.1) is 0 Å². The minimum atomic E-state index is -1.82. The number of thiol groups is 1. The first-order valence-corrected chi connectivity index (χ1v) is 33.5. The van der Waals surface area contributed by atoms with E-state index in [-0.39, 0.29) is 82.2 Å². The Morgan fingerprint density at radius 1 is 0.495 bits per heavy atom. The van der Waals surface area contributed by atoms with Crippen molar-refractivity contribution in [2.24, 2.45) is 39.8 Å². The Hall–Kier alpha value is -9.06. The highest BCUT2D eigenvalue weighted by molar-refractivity contribution is 7.80. The minimum absolute atomic E-state index is 0.00217. The highest BCUT2D eigenvalue weighted by atomic mass is 32.1. The van der Waals surface area contributed by atoms with Crippen LogP contribution in [0.4, 0.5) is 0 Å². The van der Waals surface area contributed by atoms with Crippen LogP contribution in [0.2, 0.25) is 0 Å². The zero-order valence-electron chi connectivity index (χ0n) is 57.9. The van der Waals surface area contributed by atoms with Crippen molar-refractivity contribution in [3.8, 4) is 0 Å². The monoisotopic (exact) mass is 1460 g/mol. The van der Waals surface area contributed by atoms with Gasteiger partial charge in [-0.2, -0.15) is 12.6 Å². The van der Waals surface area contributed by atoms with Crippen LogP contribution in [0.1, 0.15) is 127 Å². The molecule has 0 spiro atoms. The van der Waals surface area contributed by atoms with Gasteiger partial charge in [0.25, 0.3) is 0 Å². The number of rotatable bonds is 42. The van der Waals surface area contributed by atoms with Crippen LogP contribution in [0.3, 0.4) is 0 Å². The quantitative estimate of drug-likeness (QED) is 0.0117. The van der Waals surface area contributed by atoms with Crippen molar-refractivity contribution in [1.82, 2.24) is 68.3 Å². The summed E-state index contributed by atoms with van der Waals surface area (Å²) in [6, 6.07) is -21.8. The van der Waals surface area contributed by atoms with Gasteiger partial charge in [-0.25, -0.2) is 0 Å². The highest BCUT2D eigenvalue weighted by Gasteiger charge is 2.44. The first-order valence-electron chi connectivity index (χ1n) is 32.8. The lowest BCUT2D eigenvalue weighted by Crippen LogP contribution is -2.62. The average Bonchev–Trinajstić information content (AvgIpc) is 1.71. The van der Waals surface area contributed by atoms with Crippen LogP contribution in [-0.2, 0) is 76.7 Å². The fraction of sp³-hybridized carbons (Fsp3) is 0.717. The van der Waals surface area contributed by atoms with Gasteiger partial charge in [-0.1, -0.05) is 27.7 Å². The van der Waals surface area contributed by atoms with Gasteiger partial charge in [0.1, 0.15) is 84.6 Å². The van der Waals surface area contributed by atoms with Crippen LogP contribution >= 0.6 is 12.6 Å². The van der Waals surface area contributed by atoms with E-state index in [0.29, 0.717) is 0 Å². The number of hydrogen-bond acceptors (Lipinski definition) is 23. The molecule has 0 aromatic carbocycles. The number of guanidine groups is 1. The maximum atomic E-state index is 14.3. The Morgan fingerprint density at radius 3 is 1.40 bits per heavy atom. The van der Waals surface area contributed by atoms with E-state index in [4.69, 9.17) is 22.9 Å². The van der Waals surface area contributed by atoms with Crippen molar-refractivity contribution in [2.45, 2.75) is 229 Å². The van der Waals surface area contributed by atoms with Crippen molar-refractivity contribution >= 4 is 113 Å². The number of amides is 14. The Kier molecular flexibility index (Phi) is 36.8. The van der Waals surface area contributed by atoms with E-state index in [9.17, 15) is 107 Å². The minimum Gasteiger partial charge on any atom is -0.481 e. The molecule has 40 nitrogen and oxygen atoms in total. The number of aliphatic imine (C=N–C) groups is 1. The lowest BCUT2D eigenvalue weighted by atomic mass is 10.0. The molecule has 2 heterocycles. The lowest BCUT2D eigenvalue weighted by molar-refractivity contribution is -0.145. The van der Waals surface area contributed by atoms with Crippen molar-refractivity contribution in [3.63, 3.8) is 0 Å². The Morgan fingerprint density at radius 2 is 0.911 bits per heavy atom. The lowest BCUT2D eigenvalue weighted by Gasteiger charge is -2.32. The molecule has 2 saturated heterocycles. The molecular formula is C60H102N18O22S. The molecule has 41 heteroatoms. The van der Waals surface area contributed by atoms with Gasteiger partial charge in [-0.3, -0.25) is 81.7 Å². The number of carbonyl (C=O) groups is 16. The molecule has 0 unspecified atom stereocenters. The normalized spacial score (nSPS) is 18.7. The summed E-state index contributed by atoms with van der Waals surface area (Å²) >= 11 is 4.23. The van der Waals surface area contributed by atoms with Crippen molar-refractivity contribution in [1.29, 1.82) is 0 Å². The molecule has 0 aromatic heterocycles. The van der Waals surface area contributed by atoms with Crippen LogP contribution < -0.4 is 81.4 Å². The smallest absolute Gasteiger partial charge is 0.325 e. The number of nitrogens with one attached hydrogen (secondary N) is 11. The van der Waals surface area contributed by atoms with Gasteiger partial charge < -0.3 is 122 Å². The standard InChI is InChI=1S/C60H102N18O22S/c1-25(2)21-35(70-55(95)44(30(8)81)74-46(86)32(61)23-79)49(89)72-37(24-101)50(90)73-42(26(3)4)53(93)69-33(13-10-18-65-60(63)64)48(88)68-34(16-17-41(84)85)47(87)66-27(5)57(97)77-19-11-14-38(77)51(91)71-36(22-40(62)83)58(98)78-20-12-15-39(78)52(92)75-45(31(9)82)56(96)76-43(29(7)80)54(94)67-28(6)59(99)100/h25-39,42-45,79-82,101H,10-24,61H2,1-9H3,(H2,62,83)(H,66,87)(H,67,94)(H,68,88)(H,69,93)(H,70,95)(H,71,91)(H,72,89)(H,73,90)(H,74,86)(H,75,92)(H,76,96)(H,84,85)(H,99,100)(H4,63,64,65)/t27-,28-,29+,30+,31+,32-,33-,34-,35-,36-,37-,38-,39-,42-,43-,44-,45-/m0/s1. The average molecular weight is 1460 g/mol. The predicted octanol–water partition coefficient (Wildman–Crippen LogP) is -9.69. The summed E-state index contributed by atoms with van der Waals surface area (Å²) in [6.45, 7) is 11.1. The molecule has 17 atom stereocenters. The van der Waals surface area contributed by atoms with Gasteiger partial charge in [0.05, 0.1) is 31.3 Å². The summed E-state index contributed by atoms with van der Waals surface area (Å²) in [5.74, 6) is -18.8. The van der Waals surface area contributed by atoms with Crippen molar-refractivity contribution < 1.29 is 107 Å². The highest BCUT2D eigenvalue weighted by Crippen LogP contribution is 2.23. The van der Waals surface area contributed by atoms with Gasteiger partial charge in [0.2, 0.25) is 82.7 Å². The van der Waals surface area contributed by atoms with E-state index < -0.39 is 229 Å². The molecular weight excluding hydrogens is 1360 g/mol. The number of aliphatic hydroxyl groups excluding tert-OH is 4. The second-order valence-electron chi connectivity index (χ2n) is 25.5. The summed E-state index contributed by atoms with van der Waals surface area (Å²) < 4.78 is 0. The van der Waals surface area contributed by atoms with Gasteiger partial charge in [0.15, 0.2) is 5.96 Å². The molecule has 2 fully saturated rings. The van der Waals surface area contributed by atoms with Crippen molar-refractivity contribution in [2.75, 3.05) is 32.0 Å². The summed E-state index contributed by atoms with van der Waals surface area (Å²) in [6.07, 6.45) is -6.90. The molecule has 101 heavy (non-hydrogen) atoms. The molecule has 570 valence electrons. The summed E-state index contributed by atoms with van der Waals surface area (Å²) in [4.78, 5) is 221. The second-order valence-corrected chi connectivity index (χ2v) is 25.9. The Balaban J connectivity index is 2.37. The fourth-order valence-corrected chi connectivity index (χ4v) is 10.8. The van der Waals surface area contributed by atoms with Gasteiger partial charge in [0, 0.05) is 31.8 Å². The third-order valence-electron chi connectivity index (χ3n) is 16.1. The third kappa shape index (κ3) is 28.5. The van der Waals surface area contributed by atoms with E-state index in [1.54, 1.807) is 13.8 Å². The largest absolute Gasteiger partial charge is 0.481 e. The molecule has 0 radical (unpaired) electrons. The SMILES string of the molecule is CC(C)C[C@H](NC(=O)[C@@H](NC(=O)[C@@H](N)CO)[C@@H](C)O)C(=O)N[C@@H](CS)C(=O)N[C@H](C(=O)N[C@@H](CCCN=C(N)N)C(=O)N[C@@H](CCC(=O)O)C(=O)N[C@@H](C)C(=O)N1CCC[C@H]1C(=O)N[C@@H](CC(N)=O)C(=O)N1CCC[C@H]1C(=O)N[C@H](C(=O)N[C@H](C(=O)N[C@@H](C)C(=O)O)[C@@H](C)O)[C@@H](C)O)C(C)C. The predicted molar refractivity (Wildman–Crippen MR) is 359 cm³/mol. The number of hydrogen-bond donors (Lipinski definition) is 22. The van der Waals surface area contributed by atoms with Gasteiger partial charge >= 0.3 is 11.9 Å². The maximum absolute atomic E-state index is 14.3. The summed E-state index contributed by atoms with van der Waals surface area (Å²) in [5, 5.41) is 85.4. The molecule has 0 aliphatic carbocycles. The topological polar surface area (TPSA) is 650 Å². The number of nitrogens with zero attached hydrogens (tertiary/aromatic N) is 3. The first kappa shape index (κ1) is 88.0. The molecule has 2 aliphatic rings. The van der Waals surface area contributed by atoms with E-state index in [0.717, 1.165) is 30.6 Å². The molecule has 2 rings (SSSR count). The summed E-state index contributed by atoms with van der Waals surface area (Å²) in [5.41, 5.74) is 22.1. The Bertz CT molecular complexity index is 2990. The summed E-state index contributed by atoms with van der Waals surface area (Å²) in [7, 11) is 0. The third-order valence-corrected chi connectivity index (χ3v) is 16.5. The van der Waals surface area contributed by atoms with E-state index in [1.165, 1.54) is 27.7 Å². The molecule has 14 amide bonds. The molecule has 0 aromatic rings. The van der Waals surface area contributed by atoms with Gasteiger partial charge in [-0.05, 0) is 97.8 Å². The zero-order valence-corrected chi connectivity index (χ0v) is 58.8. The molecule has 0 saturated carbocycles. The van der Waals surface area contributed by atoms with Crippen LogP contribution in [0.25, 0.3) is 0 Å². The molecule has 0 bridgehead atoms. The van der Waals surface area contributed by atoms with Crippen LogP contribution in [0, 0.1) is 11.8 Å². The molecule has 2 aliphatic heterocycles. The maximum Gasteiger partial charge on any atom is 0.325 e. The number of nitrogens with two attached hydrogens (primary N) is 4. The number of likely N-dealkylation sites (tertiary alicyclic amines) is 2. The number of carboxylic acid groups (broad SMARTS) is 2. The van der Waals surface area contributed by atoms with Crippen molar-refractivity contribution in [3.05, 3.63) is 0 Å². The number of aliphatic carboxylic acids is 2. The van der Waals surface area contributed by atoms with E-state index >= 15 is 0 Å². The number of primary amides is 1. The zero-order chi connectivity index (χ0) is 77.0. The van der Waals surface area contributed by atoms with Crippen LogP contribution in [-0.4, -0.2) is 276 Å². The Labute approximate surface area is 588 Å². The molecule has 25 N–H and O–H groups in total. The fourth-order valence-electron chi connectivity index (χ4n) is 10.6.